The fraction of sp³-hybridized carbons (Fsp3) is 0.516. The number of hydrogen-bond acceptors (Lipinski definition) is 9. The van der Waals surface area contributed by atoms with Crippen molar-refractivity contribution in [1.29, 1.82) is 0 Å². The number of aromatic nitrogens is 3. The van der Waals surface area contributed by atoms with Crippen LogP contribution in [0.3, 0.4) is 0 Å². The van der Waals surface area contributed by atoms with Crippen LogP contribution in [0.2, 0.25) is 0 Å². The van der Waals surface area contributed by atoms with Gasteiger partial charge < -0.3 is 25.2 Å². The van der Waals surface area contributed by atoms with Gasteiger partial charge in [-0.1, -0.05) is 32.9 Å². The molecule has 0 aliphatic carbocycles. The van der Waals surface area contributed by atoms with Gasteiger partial charge in [-0.15, -0.1) is 10.2 Å². The molecule has 0 unspecified atom stereocenters. The molecule has 2 aromatic carbocycles. The van der Waals surface area contributed by atoms with E-state index in [1.54, 1.807) is 10.6 Å². The van der Waals surface area contributed by atoms with E-state index >= 15 is 0 Å². The van der Waals surface area contributed by atoms with Crippen LogP contribution in [0.25, 0.3) is 17.1 Å². The monoisotopic (exact) mass is 577 g/mol. The van der Waals surface area contributed by atoms with E-state index in [1.807, 2.05) is 26.0 Å². The summed E-state index contributed by atoms with van der Waals surface area (Å²) in [6.07, 6.45) is 0. The molecule has 1 aromatic heterocycles. The number of nitrogens with zero attached hydrogens (tertiary/aromatic N) is 6. The van der Waals surface area contributed by atoms with Gasteiger partial charge in [-0.3, -0.25) is 19.2 Å². The Balaban J connectivity index is 1.42. The van der Waals surface area contributed by atoms with Crippen LogP contribution in [0.15, 0.2) is 36.4 Å². The lowest BCUT2D eigenvalue weighted by Gasteiger charge is -2.34. The van der Waals surface area contributed by atoms with Crippen molar-refractivity contribution < 1.29 is 19.7 Å². The van der Waals surface area contributed by atoms with Gasteiger partial charge in [0.25, 0.3) is 5.91 Å². The molecule has 2 aliphatic rings. The summed E-state index contributed by atoms with van der Waals surface area (Å²) in [4.78, 5) is 20.6. The highest BCUT2D eigenvalue weighted by Crippen LogP contribution is 2.38. The van der Waals surface area contributed by atoms with Crippen molar-refractivity contribution in [3.8, 4) is 28.6 Å². The van der Waals surface area contributed by atoms with Gasteiger partial charge in [0.1, 0.15) is 11.5 Å². The number of morpholine rings is 1. The maximum absolute atomic E-state index is 13.4. The Morgan fingerprint density at radius 2 is 1.62 bits per heavy atom. The second kappa shape index (κ2) is 13.6. The Bertz CT molecular complexity index is 1340. The Morgan fingerprint density at radius 1 is 0.929 bits per heavy atom. The topological polar surface area (TPSA) is 119 Å². The van der Waals surface area contributed by atoms with Gasteiger partial charge in [-0.25, -0.2) is 0 Å². The van der Waals surface area contributed by atoms with Gasteiger partial charge in [-0.2, -0.15) is 0 Å². The predicted molar refractivity (Wildman–Crippen MR) is 161 cm³/mol. The highest BCUT2D eigenvalue weighted by molar-refractivity contribution is 5.92. The molecule has 42 heavy (non-hydrogen) atoms. The molecule has 1 amide bonds. The predicted octanol–water partition coefficient (Wildman–Crippen LogP) is 2.67. The molecule has 3 N–H and O–H groups in total. The first-order valence-corrected chi connectivity index (χ1v) is 15.0. The minimum atomic E-state index is -0.345. The molecule has 226 valence electrons. The Morgan fingerprint density at radius 3 is 2.29 bits per heavy atom. The van der Waals surface area contributed by atoms with Crippen molar-refractivity contribution in [3.05, 3.63) is 53.3 Å². The highest BCUT2D eigenvalue weighted by Gasteiger charge is 2.25. The summed E-state index contributed by atoms with van der Waals surface area (Å²) in [5, 5.41) is 32.9. The molecule has 2 fully saturated rings. The molecule has 11 nitrogen and oxygen atoms in total. The SMILES string of the molecule is CCN1CCN(Cc2ccc(-n3c(C(=O)NCCN4CCOCC4)nnc3-c3cc(C(C)C)c(O)cc3O)cc2)CC1. The standard InChI is InChI=1S/C31H43N7O4/c1-4-35-11-13-37(14-12-35)21-23-5-7-24(8-6-23)38-29(26-19-25(22(2)3)27(39)20-28(26)40)33-34-30(38)31(41)32-9-10-36-15-17-42-18-16-36/h5-8,19-20,22,39-40H,4,9-18,21H2,1-3H3,(H,32,41). The van der Waals surface area contributed by atoms with E-state index in [0.717, 1.165) is 52.4 Å². The molecule has 5 rings (SSSR count). The van der Waals surface area contributed by atoms with E-state index in [4.69, 9.17) is 4.74 Å². The van der Waals surface area contributed by atoms with Crippen LogP contribution < -0.4 is 5.32 Å². The van der Waals surface area contributed by atoms with Crippen LogP contribution in [0.5, 0.6) is 11.5 Å². The molecular formula is C31H43N7O4. The first kappa shape index (κ1) is 30.0. The zero-order chi connectivity index (χ0) is 29.6. The first-order chi connectivity index (χ1) is 20.3. The quantitative estimate of drug-likeness (QED) is 0.334. The van der Waals surface area contributed by atoms with Crippen molar-refractivity contribution in [2.45, 2.75) is 33.2 Å². The van der Waals surface area contributed by atoms with Crippen LogP contribution in [-0.2, 0) is 11.3 Å². The second-order valence-corrected chi connectivity index (χ2v) is 11.4. The van der Waals surface area contributed by atoms with Gasteiger partial charge in [0.05, 0.1) is 18.8 Å². The second-order valence-electron chi connectivity index (χ2n) is 11.4. The molecule has 0 saturated carbocycles. The van der Waals surface area contributed by atoms with Crippen LogP contribution >= 0.6 is 0 Å². The zero-order valence-corrected chi connectivity index (χ0v) is 24.9. The molecule has 2 aliphatic heterocycles. The molecular weight excluding hydrogens is 534 g/mol. The average molecular weight is 578 g/mol. The number of rotatable bonds is 10. The third kappa shape index (κ3) is 6.92. The van der Waals surface area contributed by atoms with Crippen molar-refractivity contribution >= 4 is 5.91 Å². The fourth-order valence-corrected chi connectivity index (χ4v) is 5.59. The largest absolute Gasteiger partial charge is 0.508 e. The van der Waals surface area contributed by atoms with Crippen LogP contribution in [-0.4, -0.2) is 118 Å². The number of benzene rings is 2. The van der Waals surface area contributed by atoms with Gasteiger partial charge in [0, 0.05) is 70.7 Å². The zero-order valence-electron chi connectivity index (χ0n) is 24.9. The lowest BCUT2D eigenvalue weighted by Crippen LogP contribution is -2.45. The molecule has 3 heterocycles. The van der Waals surface area contributed by atoms with E-state index < -0.39 is 0 Å². The molecule has 3 aromatic rings. The summed E-state index contributed by atoms with van der Waals surface area (Å²) in [6, 6.07) is 11.1. The fourth-order valence-electron chi connectivity index (χ4n) is 5.59. The van der Waals surface area contributed by atoms with E-state index in [9.17, 15) is 15.0 Å². The normalized spacial score (nSPS) is 17.1. The first-order valence-electron chi connectivity index (χ1n) is 15.0. The van der Waals surface area contributed by atoms with Gasteiger partial charge in [0.2, 0.25) is 5.82 Å². The van der Waals surface area contributed by atoms with E-state index in [-0.39, 0.29) is 29.1 Å². The highest BCUT2D eigenvalue weighted by atomic mass is 16.5. The maximum atomic E-state index is 13.4. The number of phenolic OH excluding ortho intramolecular Hbond substituents is 2. The smallest absolute Gasteiger partial charge is 0.289 e. The van der Waals surface area contributed by atoms with Gasteiger partial charge in [0.15, 0.2) is 5.82 Å². The molecule has 0 bridgehead atoms. The summed E-state index contributed by atoms with van der Waals surface area (Å²) in [5.74, 6) is 0.0183. The third-order valence-corrected chi connectivity index (χ3v) is 8.20. The van der Waals surface area contributed by atoms with Crippen LogP contribution in [0.1, 0.15) is 48.4 Å². The number of phenols is 2. The lowest BCUT2D eigenvalue weighted by atomic mass is 9.98. The number of nitrogens with one attached hydrogen (secondary N) is 1. The molecule has 0 radical (unpaired) electrons. The summed E-state index contributed by atoms with van der Waals surface area (Å²) in [6.45, 7) is 16.6. The summed E-state index contributed by atoms with van der Waals surface area (Å²) >= 11 is 0. The van der Waals surface area contributed by atoms with Gasteiger partial charge in [-0.05, 0) is 41.8 Å². The summed E-state index contributed by atoms with van der Waals surface area (Å²) in [7, 11) is 0. The minimum absolute atomic E-state index is 0.0159. The Kier molecular flexibility index (Phi) is 9.73. The van der Waals surface area contributed by atoms with E-state index in [2.05, 4.69) is 49.3 Å². The summed E-state index contributed by atoms with van der Waals surface area (Å²) in [5.41, 5.74) is 2.97. The van der Waals surface area contributed by atoms with Crippen molar-refractivity contribution in [3.63, 3.8) is 0 Å². The van der Waals surface area contributed by atoms with E-state index in [0.29, 0.717) is 48.9 Å². The number of aromatic hydroxyl groups is 2. The van der Waals surface area contributed by atoms with Gasteiger partial charge >= 0.3 is 0 Å². The van der Waals surface area contributed by atoms with E-state index in [1.165, 1.54) is 11.6 Å². The van der Waals surface area contributed by atoms with Crippen molar-refractivity contribution in [2.75, 3.05) is 72.1 Å². The number of carbonyl (C=O) groups is 1. The third-order valence-electron chi connectivity index (χ3n) is 8.20. The number of likely N-dealkylation sites (N-methyl/N-ethyl adjacent to an activating group) is 1. The molecule has 0 atom stereocenters. The molecule has 2 saturated heterocycles. The number of carbonyl (C=O) groups excluding carboxylic acids is 1. The Hall–Kier alpha value is -3.51. The minimum Gasteiger partial charge on any atom is -0.508 e. The lowest BCUT2D eigenvalue weighted by molar-refractivity contribution is 0.0383. The number of piperazine rings is 1. The number of amides is 1. The molecule has 11 heteroatoms. The maximum Gasteiger partial charge on any atom is 0.289 e. The Labute approximate surface area is 247 Å². The number of ether oxygens (including phenoxy) is 1. The average Bonchev–Trinajstić information content (AvgIpc) is 3.43. The van der Waals surface area contributed by atoms with Crippen LogP contribution in [0.4, 0.5) is 0 Å². The molecule has 0 spiro atoms. The van der Waals surface area contributed by atoms with Crippen molar-refractivity contribution in [2.24, 2.45) is 0 Å². The van der Waals surface area contributed by atoms with Crippen LogP contribution in [0, 0.1) is 0 Å². The summed E-state index contributed by atoms with van der Waals surface area (Å²) < 4.78 is 7.10. The van der Waals surface area contributed by atoms with Crippen molar-refractivity contribution in [1.82, 2.24) is 34.8 Å². The number of hydrogen-bond donors (Lipinski definition) is 3.